The summed E-state index contributed by atoms with van der Waals surface area (Å²) in [4.78, 5) is 24.2. The van der Waals surface area contributed by atoms with Gasteiger partial charge < -0.3 is 14.9 Å². The van der Waals surface area contributed by atoms with Crippen molar-refractivity contribution in [3.05, 3.63) is 35.4 Å². The van der Waals surface area contributed by atoms with Crippen LogP contribution in [-0.2, 0) is 19.7 Å². The number of carbonyl (C=O) groups is 2. The fraction of sp³-hybridized carbons (Fsp3) is 0.500. The summed E-state index contributed by atoms with van der Waals surface area (Å²) in [6.07, 6.45) is -0.510. The molecule has 0 bridgehead atoms. The zero-order chi connectivity index (χ0) is 16.0. The normalized spacial score (nSPS) is 15.0. The second-order valence-corrected chi connectivity index (χ2v) is 5.19. The molecular weight excluding hydrogens is 272 g/mol. The Kier molecular flexibility index (Phi) is 5.90. The minimum atomic E-state index is -1.78. The topological polar surface area (TPSA) is 83.8 Å². The number of rotatable bonds is 7. The van der Waals surface area contributed by atoms with Crippen molar-refractivity contribution in [2.75, 3.05) is 6.61 Å². The average molecular weight is 294 g/mol. The fourth-order valence-electron chi connectivity index (χ4n) is 2.27. The number of aryl methyl sites for hydroxylation is 1. The van der Waals surface area contributed by atoms with E-state index in [0.717, 1.165) is 5.56 Å². The van der Waals surface area contributed by atoms with Crippen LogP contribution in [0.4, 0.5) is 0 Å². The number of carboxylic acids is 1. The summed E-state index contributed by atoms with van der Waals surface area (Å²) in [7, 11) is 0. The number of hydrogen-bond acceptors (Lipinski definition) is 4. The van der Waals surface area contributed by atoms with Gasteiger partial charge in [0.05, 0.1) is 12.7 Å². The third-order valence-corrected chi connectivity index (χ3v) is 3.44. The van der Waals surface area contributed by atoms with E-state index >= 15 is 0 Å². The Morgan fingerprint density at radius 1 is 1.38 bits per heavy atom. The van der Waals surface area contributed by atoms with Crippen molar-refractivity contribution in [2.45, 2.75) is 45.1 Å². The van der Waals surface area contributed by atoms with E-state index in [1.807, 2.05) is 13.0 Å². The van der Waals surface area contributed by atoms with Crippen LogP contribution in [0.3, 0.4) is 0 Å². The van der Waals surface area contributed by atoms with Gasteiger partial charge in [0.15, 0.2) is 5.41 Å². The molecule has 0 fully saturated rings. The first kappa shape index (κ1) is 17.2. The molecule has 0 aliphatic rings. The molecule has 0 heterocycles. The molecule has 0 spiro atoms. The Labute approximate surface area is 124 Å². The monoisotopic (exact) mass is 294 g/mol. The van der Waals surface area contributed by atoms with Gasteiger partial charge in [-0.1, -0.05) is 29.8 Å². The van der Waals surface area contributed by atoms with Crippen LogP contribution in [0, 0.1) is 6.92 Å². The van der Waals surface area contributed by atoms with E-state index in [1.165, 1.54) is 0 Å². The van der Waals surface area contributed by atoms with Gasteiger partial charge in [0.25, 0.3) is 0 Å². The van der Waals surface area contributed by atoms with Crippen LogP contribution in [0.15, 0.2) is 24.3 Å². The molecule has 2 N–H and O–H groups in total. The van der Waals surface area contributed by atoms with Gasteiger partial charge in [-0.15, -0.1) is 0 Å². The summed E-state index contributed by atoms with van der Waals surface area (Å²) < 4.78 is 4.99. The van der Waals surface area contributed by atoms with Gasteiger partial charge in [-0.25, -0.2) is 0 Å². The predicted molar refractivity (Wildman–Crippen MR) is 78.0 cm³/mol. The van der Waals surface area contributed by atoms with Crippen molar-refractivity contribution in [3.63, 3.8) is 0 Å². The molecule has 0 aliphatic carbocycles. The van der Waals surface area contributed by atoms with Crippen LogP contribution in [-0.4, -0.2) is 34.9 Å². The van der Waals surface area contributed by atoms with Crippen LogP contribution in [0.5, 0.6) is 0 Å². The van der Waals surface area contributed by atoms with Crippen LogP contribution < -0.4 is 0 Å². The van der Waals surface area contributed by atoms with Crippen LogP contribution in [0.25, 0.3) is 0 Å². The van der Waals surface area contributed by atoms with Gasteiger partial charge in [0.1, 0.15) is 0 Å². The number of benzene rings is 1. The molecule has 0 saturated carbocycles. The van der Waals surface area contributed by atoms with E-state index in [0.29, 0.717) is 5.56 Å². The number of esters is 1. The molecule has 0 saturated heterocycles. The van der Waals surface area contributed by atoms with Gasteiger partial charge in [0.2, 0.25) is 0 Å². The lowest BCUT2D eigenvalue weighted by molar-refractivity contribution is -0.162. The fourth-order valence-corrected chi connectivity index (χ4v) is 2.27. The molecule has 1 rings (SSSR count). The summed E-state index contributed by atoms with van der Waals surface area (Å²) in [5.74, 6) is -2.05. The molecule has 5 nitrogen and oxygen atoms in total. The van der Waals surface area contributed by atoms with Gasteiger partial charge in [-0.3, -0.25) is 9.59 Å². The Bertz CT molecular complexity index is 509. The summed E-state index contributed by atoms with van der Waals surface area (Å²) in [6, 6.07) is 6.83. The van der Waals surface area contributed by atoms with E-state index in [2.05, 4.69) is 0 Å². The molecular formula is C16H22O5. The van der Waals surface area contributed by atoms with E-state index in [-0.39, 0.29) is 19.4 Å². The summed E-state index contributed by atoms with van der Waals surface area (Å²) in [5.41, 5.74) is -0.535. The number of ether oxygens (including phenoxy) is 1. The number of carbonyl (C=O) groups excluding carboxylic acids is 1. The zero-order valence-electron chi connectivity index (χ0n) is 12.6. The Morgan fingerprint density at radius 3 is 2.52 bits per heavy atom. The largest absolute Gasteiger partial charge is 0.480 e. The van der Waals surface area contributed by atoms with Gasteiger partial charge in [0, 0.05) is 0 Å². The number of hydrogen-bond donors (Lipinski definition) is 2. The van der Waals surface area contributed by atoms with Gasteiger partial charge in [-0.2, -0.15) is 0 Å². The summed E-state index contributed by atoms with van der Waals surface area (Å²) in [6.45, 7) is 5.13. The third-order valence-electron chi connectivity index (χ3n) is 3.44. The van der Waals surface area contributed by atoms with E-state index in [1.54, 1.807) is 32.0 Å². The van der Waals surface area contributed by atoms with Crippen LogP contribution >= 0.6 is 0 Å². The van der Waals surface area contributed by atoms with Crippen LogP contribution in [0.2, 0.25) is 0 Å². The summed E-state index contributed by atoms with van der Waals surface area (Å²) >= 11 is 0. The maximum atomic E-state index is 12.3. The molecule has 2 atom stereocenters. The highest BCUT2D eigenvalue weighted by atomic mass is 16.5. The minimum absolute atomic E-state index is 0.0116. The van der Waals surface area contributed by atoms with E-state index in [9.17, 15) is 19.8 Å². The molecule has 116 valence electrons. The van der Waals surface area contributed by atoms with E-state index < -0.39 is 23.5 Å². The molecule has 0 aliphatic heterocycles. The molecule has 2 unspecified atom stereocenters. The second-order valence-electron chi connectivity index (χ2n) is 5.19. The first-order valence-corrected chi connectivity index (χ1v) is 7.00. The third kappa shape index (κ3) is 3.82. The first-order chi connectivity index (χ1) is 9.84. The van der Waals surface area contributed by atoms with Crippen molar-refractivity contribution in [2.24, 2.45) is 0 Å². The highest BCUT2D eigenvalue weighted by Crippen LogP contribution is 2.33. The Morgan fingerprint density at radius 2 is 2.05 bits per heavy atom. The molecule has 0 radical (unpaired) electrons. The SMILES string of the molecule is CCOC(=O)C(CCC(C)O)(C(=O)O)c1cccc(C)c1. The van der Waals surface area contributed by atoms with Crippen molar-refractivity contribution in [1.82, 2.24) is 0 Å². The quantitative estimate of drug-likeness (QED) is 0.594. The lowest BCUT2D eigenvalue weighted by Crippen LogP contribution is -2.45. The lowest BCUT2D eigenvalue weighted by atomic mass is 9.75. The average Bonchev–Trinajstić information content (AvgIpc) is 2.39. The predicted octanol–water partition coefficient (Wildman–Crippen LogP) is 2.04. The molecule has 5 heteroatoms. The molecule has 1 aromatic rings. The van der Waals surface area contributed by atoms with Gasteiger partial charge in [-0.05, 0) is 39.2 Å². The smallest absolute Gasteiger partial charge is 0.328 e. The molecule has 1 aromatic carbocycles. The first-order valence-electron chi connectivity index (χ1n) is 7.00. The van der Waals surface area contributed by atoms with Crippen molar-refractivity contribution < 1.29 is 24.5 Å². The highest BCUT2D eigenvalue weighted by Gasteiger charge is 2.49. The summed E-state index contributed by atoms with van der Waals surface area (Å²) in [5, 5.41) is 19.2. The Hall–Kier alpha value is -1.88. The number of carboxylic acid groups (broad SMARTS) is 1. The minimum Gasteiger partial charge on any atom is -0.480 e. The number of aliphatic hydroxyl groups excluding tert-OH is 1. The lowest BCUT2D eigenvalue weighted by Gasteiger charge is -2.28. The van der Waals surface area contributed by atoms with Crippen molar-refractivity contribution >= 4 is 11.9 Å². The zero-order valence-corrected chi connectivity index (χ0v) is 12.6. The van der Waals surface area contributed by atoms with Crippen molar-refractivity contribution in [1.29, 1.82) is 0 Å². The van der Waals surface area contributed by atoms with Crippen molar-refractivity contribution in [3.8, 4) is 0 Å². The molecule has 0 amide bonds. The highest BCUT2D eigenvalue weighted by molar-refractivity contribution is 6.05. The second kappa shape index (κ2) is 7.22. The molecule has 0 aromatic heterocycles. The molecule has 21 heavy (non-hydrogen) atoms. The van der Waals surface area contributed by atoms with Crippen LogP contribution in [0.1, 0.15) is 37.8 Å². The number of aliphatic carboxylic acids is 1. The Balaban J connectivity index is 3.36. The standard InChI is InChI=1S/C16H22O5/c1-4-21-15(20)16(14(18)19,9-8-12(3)17)13-7-5-6-11(2)10-13/h5-7,10,12,17H,4,8-9H2,1-3H3,(H,18,19). The van der Waals surface area contributed by atoms with E-state index in [4.69, 9.17) is 4.74 Å². The maximum absolute atomic E-state index is 12.3. The number of aliphatic hydroxyl groups is 1. The maximum Gasteiger partial charge on any atom is 0.328 e. The van der Waals surface area contributed by atoms with Gasteiger partial charge >= 0.3 is 11.9 Å².